The van der Waals surface area contributed by atoms with E-state index < -0.39 is 0 Å². The van der Waals surface area contributed by atoms with Gasteiger partial charge in [-0.3, -0.25) is 9.59 Å². The van der Waals surface area contributed by atoms with Gasteiger partial charge in [-0.05, 0) is 29.8 Å². The third kappa shape index (κ3) is 4.95. The largest absolute Gasteiger partial charge is 0.378 e. The summed E-state index contributed by atoms with van der Waals surface area (Å²) in [5.74, 6) is -0.00522. The number of nitrogens with one attached hydrogen (secondary N) is 2. The Bertz CT molecular complexity index is 1310. The molecule has 0 radical (unpaired) electrons. The number of hydrogen-bond donors (Lipinski definition) is 2. The van der Waals surface area contributed by atoms with Gasteiger partial charge >= 0.3 is 0 Å². The van der Waals surface area contributed by atoms with Crippen LogP contribution in [-0.2, 0) is 9.53 Å². The van der Waals surface area contributed by atoms with Crippen LogP contribution >= 0.6 is 23.1 Å². The summed E-state index contributed by atoms with van der Waals surface area (Å²) in [6.45, 7) is 3.21. The van der Waals surface area contributed by atoms with Gasteiger partial charge in [-0.2, -0.15) is 0 Å². The Morgan fingerprint density at radius 3 is 2.64 bits per heavy atom. The van der Waals surface area contributed by atoms with Crippen LogP contribution in [0.1, 0.15) is 0 Å². The molecule has 4 aromatic rings. The van der Waals surface area contributed by atoms with Gasteiger partial charge in [0.05, 0.1) is 24.4 Å². The smallest absolute Gasteiger partial charge is 0.260 e. The number of rotatable bonds is 6. The number of carbonyl (C=O) groups is 1. The Morgan fingerprint density at radius 2 is 1.88 bits per heavy atom. The molecule has 0 spiro atoms. The van der Waals surface area contributed by atoms with Gasteiger partial charge in [-0.15, -0.1) is 11.3 Å². The number of anilines is 2. The zero-order chi connectivity index (χ0) is 22.6. The van der Waals surface area contributed by atoms with Crippen molar-refractivity contribution < 1.29 is 9.53 Å². The zero-order valence-corrected chi connectivity index (χ0v) is 19.4. The number of nitrogens with zero attached hydrogens (tertiary/aromatic N) is 2. The second-order valence-electron chi connectivity index (χ2n) is 7.55. The number of thioether (sulfide) groups is 1. The molecule has 33 heavy (non-hydrogen) atoms. The highest BCUT2D eigenvalue weighted by molar-refractivity contribution is 7.99. The third-order valence-electron chi connectivity index (χ3n) is 5.37. The number of aromatic amines is 1. The molecule has 1 amide bonds. The number of thiophene rings is 1. The maximum atomic E-state index is 12.7. The first-order valence-corrected chi connectivity index (χ1v) is 12.5. The summed E-state index contributed by atoms with van der Waals surface area (Å²) in [6, 6.07) is 17.6. The fourth-order valence-corrected chi connectivity index (χ4v) is 5.40. The minimum absolute atomic E-state index is 0.149. The monoisotopic (exact) mass is 478 g/mol. The molecule has 0 aliphatic carbocycles. The Morgan fingerprint density at radius 1 is 1.12 bits per heavy atom. The van der Waals surface area contributed by atoms with Crippen molar-refractivity contribution in [3.8, 4) is 11.1 Å². The molecule has 1 aliphatic rings. The van der Waals surface area contributed by atoms with Gasteiger partial charge in [0.15, 0.2) is 5.16 Å². The topological polar surface area (TPSA) is 87.3 Å². The summed E-state index contributed by atoms with van der Waals surface area (Å²) in [4.78, 5) is 35.5. The summed E-state index contributed by atoms with van der Waals surface area (Å²) in [5, 5.41) is 5.87. The summed E-state index contributed by atoms with van der Waals surface area (Å²) >= 11 is 2.64. The predicted octanol–water partition coefficient (Wildman–Crippen LogP) is 4.22. The second kappa shape index (κ2) is 9.78. The number of aromatic nitrogens is 2. The average molecular weight is 479 g/mol. The van der Waals surface area contributed by atoms with E-state index in [4.69, 9.17) is 4.74 Å². The number of amides is 1. The third-order valence-corrected chi connectivity index (χ3v) is 7.12. The Labute approximate surface area is 198 Å². The van der Waals surface area contributed by atoms with Crippen molar-refractivity contribution in [1.82, 2.24) is 9.97 Å². The van der Waals surface area contributed by atoms with E-state index in [-0.39, 0.29) is 17.2 Å². The van der Waals surface area contributed by atoms with Crippen LogP contribution in [0.25, 0.3) is 21.3 Å². The zero-order valence-electron chi connectivity index (χ0n) is 17.7. The van der Waals surface area contributed by atoms with Gasteiger partial charge in [0.1, 0.15) is 4.83 Å². The molecule has 0 saturated carbocycles. The molecule has 2 N–H and O–H groups in total. The maximum absolute atomic E-state index is 12.7. The molecule has 168 valence electrons. The van der Waals surface area contributed by atoms with Gasteiger partial charge < -0.3 is 19.9 Å². The lowest BCUT2D eigenvalue weighted by molar-refractivity contribution is -0.113. The first kappa shape index (κ1) is 21.7. The Hall–Kier alpha value is -3.14. The molecule has 0 bridgehead atoms. The van der Waals surface area contributed by atoms with Crippen molar-refractivity contribution >= 4 is 50.6 Å². The van der Waals surface area contributed by atoms with E-state index in [9.17, 15) is 9.59 Å². The van der Waals surface area contributed by atoms with Crippen LogP contribution in [0.5, 0.6) is 0 Å². The molecule has 2 aromatic heterocycles. The SMILES string of the molecule is O=C(CSc1nc2scc(-c3ccccc3)c2c(=O)[nH]1)Nc1ccc(N2CCOCC2)cc1. The number of benzene rings is 2. The number of morpholine rings is 1. The molecular formula is C24H22N4O3S2. The Kier molecular flexibility index (Phi) is 6.43. The first-order chi connectivity index (χ1) is 16.2. The predicted molar refractivity (Wildman–Crippen MR) is 135 cm³/mol. The summed E-state index contributed by atoms with van der Waals surface area (Å²) < 4.78 is 5.39. The summed E-state index contributed by atoms with van der Waals surface area (Å²) in [7, 11) is 0. The van der Waals surface area contributed by atoms with Crippen molar-refractivity contribution in [2.75, 3.05) is 42.3 Å². The van der Waals surface area contributed by atoms with E-state index in [1.54, 1.807) is 0 Å². The van der Waals surface area contributed by atoms with Gasteiger partial charge in [0.25, 0.3) is 5.56 Å². The minimum atomic E-state index is -0.193. The van der Waals surface area contributed by atoms with E-state index >= 15 is 0 Å². The molecule has 1 fully saturated rings. The van der Waals surface area contributed by atoms with Crippen LogP contribution in [0.15, 0.2) is 69.9 Å². The molecule has 7 nitrogen and oxygen atoms in total. The molecule has 9 heteroatoms. The molecular weight excluding hydrogens is 456 g/mol. The molecule has 0 unspecified atom stereocenters. The van der Waals surface area contributed by atoms with Crippen molar-refractivity contribution in [2.24, 2.45) is 0 Å². The lowest BCUT2D eigenvalue weighted by Gasteiger charge is -2.28. The number of carbonyl (C=O) groups excluding carboxylic acids is 1. The van der Waals surface area contributed by atoms with Gasteiger partial charge in [-0.25, -0.2) is 4.98 Å². The highest BCUT2D eigenvalue weighted by Crippen LogP contribution is 2.31. The standard InChI is InChI=1S/C24H22N4O3S2/c29-20(25-17-6-8-18(9-7-17)28-10-12-31-13-11-28)15-33-24-26-22(30)21-19(14-32-23(21)27-24)16-4-2-1-3-5-16/h1-9,14H,10-13,15H2,(H,25,29)(H,26,27,30). The fourth-order valence-electron chi connectivity index (χ4n) is 3.74. The first-order valence-electron chi connectivity index (χ1n) is 10.6. The van der Waals surface area contributed by atoms with Crippen LogP contribution < -0.4 is 15.8 Å². The van der Waals surface area contributed by atoms with Crippen LogP contribution in [0.4, 0.5) is 11.4 Å². The van der Waals surface area contributed by atoms with Crippen LogP contribution in [0.2, 0.25) is 0 Å². The van der Waals surface area contributed by atoms with Crippen molar-refractivity contribution in [3.63, 3.8) is 0 Å². The quantitative estimate of drug-likeness (QED) is 0.319. The Balaban J connectivity index is 1.22. The van der Waals surface area contributed by atoms with E-state index in [0.717, 1.165) is 48.8 Å². The molecule has 5 rings (SSSR count). The van der Waals surface area contributed by atoms with Crippen molar-refractivity contribution in [3.05, 3.63) is 70.3 Å². The van der Waals surface area contributed by atoms with Crippen LogP contribution in [0.3, 0.4) is 0 Å². The van der Waals surface area contributed by atoms with E-state index in [1.165, 1.54) is 23.1 Å². The van der Waals surface area contributed by atoms with Crippen molar-refractivity contribution in [1.29, 1.82) is 0 Å². The highest BCUT2D eigenvalue weighted by Gasteiger charge is 2.14. The molecule has 1 saturated heterocycles. The molecule has 3 heterocycles. The second-order valence-corrected chi connectivity index (χ2v) is 9.37. The summed E-state index contributed by atoms with van der Waals surface area (Å²) in [5.41, 5.74) is 3.52. The number of fused-ring (bicyclic) bond motifs is 1. The fraction of sp³-hybridized carbons (Fsp3) is 0.208. The maximum Gasteiger partial charge on any atom is 0.260 e. The van der Waals surface area contributed by atoms with E-state index in [1.807, 2.05) is 60.0 Å². The lowest BCUT2D eigenvalue weighted by Crippen LogP contribution is -2.36. The lowest BCUT2D eigenvalue weighted by atomic mass is 10.1. The van der Waals surface area contributed by atoms with Gasteiger partial charge in [0.2, 0.25) is 5.91 Å². The van der Waals surface area contributed by atoms with Crippen LogP contribution in [0, 0.1) is 0 Å². The van der Waals surface area contributed by atoms with Crippen LogP contribution in [-0.4, -0.2) is 47.9 Å². The average Bonchev–Trinajstić information content (AvgIpc) is 3.29. The molecule has 0 atom stereocenters. The minimum Gasteiger partial charge on any atom is -0.378 e. The normalized spacial score (nSPS) is 13.9. The summed E-state index contributed by atoms with van der Waals surface area (Å²) in [6.07, 6.45) is 0. The molecule has 2 aromatic carbocycles. The van der Waals surface area contributed by atoms with E-state index in [0.29, 0.717) is 15.4 Å². The van der Waals surface area contributed by atoms with Gasteiger partial charge in [0, 0.05) is 35.4 Å². The van der Waals surface area contributed by atoms with Gasteiger partial charge in [-0.1, -0.05) is 42.1 Å². The van der Waals surface area contributed by atoms with E-state index in [2.05, 4.69) is 20.2 Å². The number of hydrogen-bond acceptors (Lipinski definition) is 7. The number of ether oxygens (including phenoxy) is 1. The highest BCUT2D eigenvalue weighted by atomic mass is 32.2. The molecule has 1 aliphatic heterocycles. The van der Waals surface area contributed by atoms with Crippen molar-refractivity contribution in [2.45, 2.75) is 5.16 Å². The number of H-pyrrole nitrogens is 1.